The van der Waals surface area contributed by atoms with Crippen LogP contribution >= 0.6 is 15.6 Å². The molecule has 5 atom stereocenters. The molecule has 4 N–H and O–H groups in total. The summed E-state index contributed by atoms with van der Waals surface area (Å²) in [7, 11) is -9.79. The second kappa shape index (κ2) is 56.7. The molecule has 0 saturated carbocycles. The molecule has 81 heavy (non-hydrogen) atoms. The summed E-state index contributed by atoms with van der Waals surface area (Å²) in [6, 6.07) is 0. The molecule has 0 aliphatic carbocycles. The van der Waals surface area contributed by atoms with E-state index in [1.54, 1.807) is 0 Å². The number of aliphatic hydroxyl groups excluding tert-OH is 2. The van der Waals surface area contributed by atoms with Gasteiger partial charge in [-0.2, -0.15) is 0 Å². The molecule has 464 valence electrons. The minimum Gasteiger partial charge on any atom is -0.463 e. The Morgan fingerprint density at radius 2 is 0.667 bits per heavy atom. The molecule has 16 nitrogen and oxygen atoms in total. The highest BCUT2D eigenvalue weighted by atomic mass is 31.2. The number of carbonyl (C=O) groups is 3. The Bertz CT molecular complexity index is 1920. The predicted octanol–water partition coefficient (Wildman–Crippen LogP) is 15.7. The Hall–Kier alpha value is -3.79. The van der Waals surface area contributed by atoms with Crippen LogP contribution in [0.2, 0.25) is 0 Å². The van der Waals surface area contributed by atoms with Gasteiger partial charge in [-0.3, -0.25) is 32.5 Å². The van der Waals surface area contributed by atoms with Gasteiger partial charge in [-0.05, 0) is 116 Å². The molecule has 0 rings (SSSR count). The van der Waals surface area contributed by atoms with Gasteiger partial charge < -0.3 is 34.2 Å². The summed E-state index contributed by atoms with van der Waals surface area (Å²) in [5.74, 6) is -1.67. The van der Waals surface area contributed by atoms with E-state index in [9.17, 15) is 43.5 Å². The Labute approximate surface area is 488 Å². The van der Waals surface area contributed by atoms with E-state index in [0.29, 0.717) is 25.7 Å². The molecule has 0 heterocycles. The number of carbonyl (C=O) groups excluding carboxylic acids is 3. The van der Waals surface area contributed by atoms with Crippen LogP contribution in [-0.4, -0.2) is 95.9 Å². The molecule has 0 bridgehead atoms. The fraction of sp³-hybridized carbons (Fsp3) is 0.667. The lowest BCUT2D eigenvalue weighted by Crippen LogP contribution is -2.30. The summed E-state index contributed by atoms with van der Waals surface area (Å²) < 4.78 is 60.5. The van der Waals surface area contributed by atoms with E-state index in [0.717, 1.165) is 122 Å². The highest BCUT2D eigenvalue weighted by molar-refractivity contribution is 7.47. The molecular formula is C63H106O16P2. The number of ether oxygens (including phenoxy) is 3. The van der Waals surface area contributed by atoms with Gasteiger partial charge >= 0.3 is 33.6 Å². The summed E-state index contributed by atoms with van der Waals surface area (Å²) in [5.41, 5.74) is 0. The quantitative estimate of drug-likeness (QED) is 0.0146. The first-order valence-electron chi connectivity index (χ1n) is 30.2. The van der Waals surface area contributed by atoms with Crippen molar-refractivity contribution in [1.29, 1.82) is 0 Å². The molecule has 0 aliphatic heterocycles. The number of unbranched alkanes of at least 4 members (excludes halogenated alkanes) is 15. The van der Waals surface area contributed by atoms with Gasteiger partial charge in [0.25, 0.3) is 0 Å². The summed E-state index contributed by atoms with van der Waals surface area (Å²) in [6.45, 7) is 2.29. The number of aliphatic hydroxyl groups is 2. The van der Waals surface area contributed by atoms with Crippen molar-refractivity contribution in [3.8, 4) is 0 Å². The van der Waals surface area contributed by atoms with Gasteiger partial charge in [0.2, 0.25) is 0 Å². The molecule has 0 aromatic rings. The van der Waals surface area contributed by atoms with E-state index < -0.39 is 91.5 Å². The Kier molecular flexibility index (Phi) is 54.0. The fourth-order valence-corrected chi connectivity index (χ4v) is 8.96. The largest absolute Gasteiger partial charge is 0.472 e. The van der Waals surface area contributed by atoms with E-state index in [-0.39, 0.29) is 19.3 Å². The zero-order chi connectivity index (χ0) is 59.6. The number of rotatable bonds is 56. The number of allylic oxidation sites excluding steroid dienone is 18. The lowest BCUT2D eigenvalue weighted by Gasteiger charge is -2.21. The van der Waals surface area contributed by atoms with E-state index in [2.05, 4.69) is 118 Å². The van der Waals surface area contributed by atoms with Crippen molar-refractivity contribution in [3.63, 3.8) is 0 Å². The summed E-state index contributed by atoms with van der Waals surface area (Å²) in [4.78, 5) is 58.1. The number of phosphoric ester groups is 2. The second-order valence-corrected chi connectivity index (χ2v) is 22.6. The van der Waals surface area contributed by atoms with Gasteiger partial charge in [-0.25, -0.2) is 9.13 Å². The molecule has 5 unspecified atom stereocenters. The summed E-state index contributed by atoms with van der Waals surface area (Å²) in [6.07, 6.45) is 60.2. The molecule has 0 fully saturated rings. The van der Waals surface area contributed by atoms with Crippen molar-refractivity contribution in [2.75, 3.05) is 39.6 Å². The molecule has 0 aromatic carbocycles. The van der Waals surface area contributed by atoms with E-state index in [4.69, 9.17) is 32.3 Å². The number of hydrogen-bond donors (Lipinski definition) is 4. The first-order valence-corrected chi connectivity index (χ1v) is 33.2. The maximum atomic E-state index is 12.9. The maximum absolute atomic E-state index is 12.9. The zero-order valence-corrected chi connectivity index (χ0v) is 51.5. The van der Waals surface area contributed by atoms with Crippen molar-refractivity contribution in [2.45, 2.75) is 232 Å². The van der Waals surface area contributed by atoms with Crippen molar-refractivity contribution in [2.24, 2.45) is 0 Å². The molecule has 0 amide bonds. The summed E-state index contributed by atoms with van der Waals surface area (Å²) >= 11 is 0. The normalized spacial score (nSPS) is 15.2. The maximum Gasteiger partial charge on any atom is 0.472 e. The van der Waals surface area contributed by atoms with Crippen LogP contribution < -0.4 is 0 Å². The van der Waals surface area contributed by atoms with Crippen LogP contribution in [0.25, 0.3) is 0 Å². The Morgan fingerprint density at radius 1 is 0.358 bits per heavy atom. The average molecular weight is 1180 g/mol. The molecular weight excluding hydrogens is 1070 g/mol. The smallest absolute Gasteiger partial charge is 0.463 e. The van der Waals surface area contributed by atoms with Crippen LogP contribution in [0.3, 0.4) is 0 Å². The third-order valence-corrected chi connectivity index (χ3v) is 13.9. The van der Waals surface area contributed by atoms with Gasteiger partial charge in [0.1, 0.15) is 25.4 Å². The minimum atomic E-state index is -4.93. The monoisotopic (exact) mass is 1180 g/mol. The summed E-state index contributed by atoms with van der Waals surface area (Å²) in [5, 5.41) is 20.4. The van der Waals surface area contributed by atoms with Gasteiger partial charge in [0.05, 0.1) is 26.4 Å². The Morgan fingerprint density at radius 3 is 1.10 bits per heavy atom. The molecule has 0 spiro atoms. The molecule has 0 aromatic heterocycles. The van der Waals surface area contributed by atoms with Crippen LogP contribution in [-0.2, 0) is 55.8 Å². The Balaban J connectivity index is 4.75. The van der Waals surface area contributed by atoms with Gasteiger partial charge in [-0.15, -0.1) is 0 Å². The highest BCUT2D eigenvalue weighted by Crippen LogP contribution is 2.45. The third kappa shape index (κ3) is 57.8. The second-order valence-electron chi connectivity index (χ2n) is 19.7. The van der Waals surface area contributed by atoms with Crippen LogP contribution in [0, 0.1) is 0 Å². The number of esters is 3. The van der Waals surface area contributed by atoms with Crippen molar-refractivity contribution < 1.29 is 75.8 Å². The molecule has 0 aliphatic rings. The molecule has 0 saturated heterocycles. The highest BCUT2D eigenvalue weighted by Gasteiger charge is 2.29. The van der Waals surface area contributed by atoms with Crippen molar-refractivity contribution in [3.05, 3.63) is 109 Å². The topological polar surface area (TPSA) is 231 Å². The van der Waals surface area contributed by atoms with Gasteiger partial charge in [0, 0.05) is 19.3 Å². The minimum absolute atomic E-state index is 0.0870. The van der Waals surface area contributed by atoms with Crippen LogP contribution in [0.15, 0.2) is 109 Å². The third-order valence-electron chi connectivity index (χ3n) is 12.0. The lowest BCUT2D eigenvalue weighted by atomic mass is 10.1. The molecule has 0 radical (unpaired) electrons. The van der Waals surface area contributed by atoms with Crippen molar-refractivity contribution >= 4 is 33.6 Å². The molecule has 18 heteroatoms. The van der Waals surface area contributed by atoms with Crippen LogP contribution in [0.1, 0.15) is 213 Å². The van der Waals surface area contributed by atoms with E-state index in [1.165, 1.54) is 25.7 Å². The number of phosphoric acid groups is 2. The van der Waals surface area contributed by atoms with Crippen LogP contribution in [0.5, 0.6) is 0 Å². The predicted molar refractivity (Wildman–Crippen MR) is 325 cm³/mol. The lowest BCUT2D eigenvalue weighted by molar-refractivity contribution is -0.161. The average Bonchev–Trinajstić information content (AvgIpc) is 3.44. The van der Waals surface area contributed by atoms with Crippen molar-refractivity contribution in [1.82, 2.24) is 0 Å². The standard InChI is InChI=1S/C63H106O16P2/c1-4-7-10-13-16-19-22-25-27-28-30-33-34-37-40-43-46-49-61(66)73-52-58(64)53-75-80(69,70)76-54-59(65)55-77-81(71,72)78-57-60(79-63(68)51-48-45-42-39-36-31-24-21-18-15-12-9-6-3)56-74-62(67)50-47-44-41-38-35-32-29-26-23-20-17-14-11-8-5-2/h7-8,10-11,16-17,19-21,24-27,29-30,33,37,40,58-60,64-65H,4-6,9,12-15,18,22-23,28,31-32,34-36,38-39,41-57H2,1-3H3,(H,69,70)(H,71,72)/b10-7-,11-8-,19-16-,20-17-,24-21-,27-25-,29-26-,33-30-,40-37-. The first-order chi connectivity index (χ1) is 39.2. The van der Waals surface area contributed by atoms with E-state index >= 15 is 0 Å². The van der Waals surface area contributed by atoms with Gasteiger partial charge in [-0.1, -0.05) is 188 Å². The zero-order valence-electron chi connectivity index (χ0n) is 49.7. The first kappa shape index (κ1) is 77.2. The SMILES string of the molecule is CC/C=C\C/C=C\C/C=C\C/C=C\C/C=C\CCCC(=O)OCC(O)COP(=O)(O)OCC(O)COP(=O)(O)OCC(COC(=O)CCCCCCC/C=C\C/C=C\C/C=C\CC)OC(=O)CCCCCCC/C=C\CCCCCC. The van der Waals surface area contributed by atoms with Crippen LogP contribution in [0.4, 0.5) is 0 Å². The number of hydrogen-bond acceptors (Lipinski definition) is 14. The van der Waals surface area contributed by atoms with Gasteiger partial charge in [0.15, 0.2) is 6.10 Å². The fourth-order valence-electron chi connectivity index (χ4n) is 7.38. The van der Waals surface area contributed by atoms with E-state index in [1.807, 2.05) is 12.2 Å².